The fourth-order valence-corrected chi connectivity index (χ4v) is 3.49. The van der Waals surface area contributed by atoms with Crippen LogP contribution in [-0.4, -0.2) is 47.5 Å². The van der Waals surface area contributed by atoms with Gasteiger partial charge in [0.15, 0.2) is 0 Å². The van der Waals surface area contributed by atoms with Crippen molar-refractivity contribution in [3.8, 4) is 0 Å². The molecule has 2 N–H and O–H groups in total. The fourth-order valence-electron chi connectivity index (χ4n) is 2.62. The largest absolute Gasteiger partial charge is 0.353 e. The van der Waals surface area contributed by atoms with E-state index < -0.39 is 22.9 Å². The highest BCUT2D eigenvalue weighted by molar-refractivity contribution is 8.18. The topological polar surface area (TPSA) is 95.6 Å². The van der Waals surface area contributed by atoms with E-state index in [0.29, 0.717) is 11.1 Å². The van der Waals surface area contributed by atoms with Crippen LogP contribution >= 0.6 is 11.8 Å². The molecule has 1 fully saturated rings. The van der Waals surface area contributed by atoms with Gasteiger partial charge in [0.1, 0.15) is 5.82 Å². The maximum absolute atomic E-state index is 13.0. The number of nitrogens with zero attached hydrogens (tertiary/aromatic N) is 1. The number of nitrogens with one attached hydrogen (secondary N) is 2. The molecule has 2 aromatic carbocycles. The van der Waals surface area contributed by atoms with Crippen molar-refractivity contribution >= 4 is 40.8 Å². The Kier molecular flexibility index (Phi) is 6.97. The van der Waals surface area contributed by atoms with Gasteiger partial charge in [-0.25, -0.2) is 4.39 Å². The van der Waals surface area contributed by atoms with Crippen LogP contribution in [0, 0.1) is 5.82 Å². The number of carbonyl (C=O) groups is 4. The molecule has 0 saturated carbocycles. The Morgan fingerprint density at radius 2 is 1.70 bits per heavy atom. The van der Waals surface area contributed by atoms with Crippen LogP contribution in [0.5, 0.6) is 0 Å². The number of hydrogen-bond donors (Lipinski definition) is 2. The van der Waals surface area contributed by atoms with Crippen LogP contribution < -0.4 is 10.6 Å². The van der Waals surface area contributed by atoms with Crippen molar-refractivity contribution in [2.24, 2.45) is 0 Å². The van der Waals surface area contributed by atoms with Crippen LogP contribution in [0.1, 0.15) is 15.9 Å². The number of halogens is 1. The third-order valence-corrected chi connectivity index (χ3v) is 5.05. The van der Waals surface area contributed by atoms with Crippen LogP contribution in [0.3, 0.4) is 0 Å². The van der Waals surface area contributed by atoms with Gasteiger partial charge in [-0.2, -0.15) is 0 Å². The quantitative estimate of drug-likeness (QED) is 0.662. The highest BCUT2D eigenvalue weighted by Gasteiger charge is 2.34. The van der Waals surface area contributed by atoms with Gasteiger partial charge in [0.2, 0.25) is 5.91 Å². The predicted molar refractivity (Wildman–Crippen MR) is 111 cm³/mol. The summed E-state index contributed by atoms with van der Waals surface area (Å²) in [5.41, 5.74) is 1.04. The van der Waals surface area contributed by atoms with Crippen molar-refractivity contribution in [2.75, 3.05) is 19.6 Å². The number of thioether (sulfide) groups is 1. The maximum Gasteiger partial charge on any atom is 0.293 e. The van der Waals surface area contributed by atoms with Crippen molar-refractivity contribution in [2.45, 2.75) is 0 Å². The summed E-state index contributed by atoms with van der Waals surface area (Å²) < 4.78 is 13.0. The second kappa shape index (κ2) is 9.84. The molecule has 0 bridgehead atoms. The van der Waals surface area contributed by atoms with Gasteiger partial charge >= 0.3 is 0 Å². The van der Waals surface area contributed by atoms with Gasteiger partial charge in [-0.15, -0.1) is 0 Å². The molecule has 0 spiro atoms. The zero-order chi connectivity index (χ0) is 21.5. The minimum atomic E-state index is -0.471. The van der Waals surface area contributed by atoms with Crippen molar-refractivity contribution in [1.29, 1.82) is 0 Å². The van der Waals surface area contributed by atoms with Crippen molar-refractivity contribution < 1.29 is 23.6 Å². The van der Waals surface area contributed by atoms with E-state index >= 15 is 0 Å². The third-order valence-electron chi connectivity index (χ3n) is 4.14. The molecule has 7 nitrogen and oxygen atoms in total. The number of rotatable bonds is 7. The van der Waals surface area contributed by atoms with Crippen molar-refractivity contribution in [1.82, 2.24) is 15.5 Å². The van der Waals surface area contributed by atoms with Crippen molar-refractivity contribution in [3.63, 3.8) is 0 Å². The average molecular weight is 427 g/mol. The van der Waals surface area contributed by atoms with Gasteiger partial charge in [-0.1, -0.05) is 30.3 Å². The van der Waals surface area contributed by atoms with Crippen LogP contribution in [0.4, 0.5) is 9.18 Å². The SMILES string of the molecule is O=C(CNC(=O)c1ccccc1)NCCN1C(=O)S/C(=C\c2ccc(F)cc2)C1=O. The summed E-state index contributed by atoms with van der Waals surface area (Å²) in [6.07, 6.45) is 1.52. The normalized spacial score (nSPS) is 14.8. The Labute approximate surface area is 176 Å². The molecule has 0 aliphatic carbocycles. The Balaban J connectivity index is 1.45. The van der Waals surface area contributed by atoms with Gasteiger partial charge in [-0.05, 0) is 47.7 Å². The van der Waals surface area contributed by atoms with E-state index in [1.54, 1.807) is 30.3 Å². The molecular weight excluding hydrogens is 409 g/mol. The average Bonchev–Trinajstić information content (AvgIpc) is 3.01. The van der Waals surface area contributed by atoms with E-state index in [-0.39, 0.29) is 30.4 Å². The molecule has 1 saturated heterocycles. The molecule has 0 unspecified atom stereocenters. The summed E-state index contributed by atoms with van der Waals surface area (Å²) in [5.74, 6) is -1.67. The maximum atomic E-state index is 13.0. The van der Waals surface area contributed by atoms with E-state index in [1.807, 2.05) is 0 Å². The highest BCUT2D eigenvalue weighted by Crippen LogP contribution is 2.31. The Hall–Kier alpha value is -3.46. The smallest absolute Gasteiger partial charge is 0.293 e. The first-order valence-electron chi connectivity index (χ1n) is 9.05. The van der Waals surface area contributed by atoms with Gasteiger partial charge in [0.25, 0.3) is 17.1 Å². The van der Waals surface area contributed by atoms with Gasteiger partial charge in [0, 0.05) is 18.7 Å². The van der Waals surface area contributed by atoms with E-state index in [2.05, 4.69) is 10.6 Å². The molecule has 1 aliphatic rings. The Morgan fingerprint density at radius 1 is 1.00 bits per heavy atom. The van der Waals surface area contributed by atoms with Crippen molar-refractivity contribution in [3.05, 3.63) is 76.4 Å². The minimum Gasteiger partial charge on any atom is -0.353 e. The summed E-state index contributed by atoms with van der Waals surface area (Å²) in [5, 5.41) is 4.61. The molecule has 0 atom stereocenters. The number of carbonyl (C=O) groups excluding carboxylic acids is 4. The van der Waals surface area contributed by atoms with Crippen LogP contribution in [-0.2, 0) is 9.59 Å². The third kappa shape index (κ3) is 5.54. The number of imide groups is 1. The molecule has 0 radical (unpaired) electrons. The lowest BCUT2D eigenvalue weighted by Crippen LogP contribution is -2.41. The molecule has 2 aromatic rings. The number of benzene rings is 2. The molecule has 4 amide bonds. The fraction of sp³-hybridized carbons (Fsp3) is 0.143. The monoisotopic (exact) mass is 427 g/mol. The standard InChI is InChI=1S/C21H18FN3O4S/c22-16-8-6-14(7-9-16)12-17-20(28)25(21(29)30-17)11-10-23-18(26)13-24-19(27)15-4-2-1-3-5-15/h1-9,12H,10-11,13H2,(H,23,26)(H,24,27)/b17-12-. The molecule has 3 rings (SSSR count). The predicted octanol–water partition coefficient (Wildman–Crippen LogP) is 2.41. The van der Waals surface area contributed by atoms with Crippen LogP contribution in [0.15, 0.2) is 59.5 Å². The zero-order valence-electron chi connectivity index (χ0n) is 15.8. The number of amides is 4. The summed E-state index contributed by atoms with van der Waals surface area (Å²) in [7, 11) is 0. The Bertz CT molecular complexity index is 993. The van der Waals surface area contributed by atoms with Crippen LogP contribution in [0.2, 0.25) is 0 Å². The molecule has 9 heteroatoms. The van der Waals surface area contributed by atoms with Gasteiger partial charge in [0.05, 0.1) is 11.4 Å². The summed E-state index contributed by atoms with van der Waals surface area (Å²) >= 11 is 0.787. The molecule has 1 heterocycles. The lowest BCUT2D eigenvalue weighted by atomic mass is 10.2. The first-order chi connectivity index (χ1) is 14.4. The zero-order valence-corrected chi connectivity index (χ0v) is 16.6. The lowest BCUT2D eigenvalue weighted by molar-refractivity contribution is -0.124. The molecule has 30 heavy (non-hydrogen) atoms. The summed E-state index contributed by atoms with van der Waals surface area (Å²) in [6.45, 7) is -0.161. The number of hydrogen-bond acceptors (Lipinski definition) is 5. The second-order valence-corrected chi connectivity index (χ2v) is 7.28. The highest BCUT2D eigenvalue weighted by atomic mass is 32.2. The van der Waals surface area contributed by atoms with E-state index in [1.165, 1.54) is 30.3 Å². The summed E-state index contributed by atoms with van der Waals surface area (Å²) in [4.78, 5) is 49.5. The second-order valence-electron chi connectivity index (χ2n) is 6.28. The molecular formula is C21H18FN3O4S. The first-order valence-corrected chi connectivity index (χ1v) is 9.86. The molecule has 0 aromatic heterocycles. The van der Waals surface area contributed by atoms with E-state index in [4.69, 9.17) is 0 Å². The van der Waals surface area contributed by atoms with Crippen LogP contribution in [0.25, 0.3) is 6.08 Å². The van der Waals surface area contributed by atoms with Gasteiger partial charge < -0.3 is 10.6 Å². The Morgan fingerprint density at radius 3 is 2.40 bits per heavy atom. The minimum absolute atomic E-state index is 0.00377. The molecule has 154 valence electrons. The summed E-state index contributed by atoms with van der Waals surface area (Å²) in [6, 6.07) is 14.0. The first kappa shape index (κ1) is 21.3. The van der Waals surface area contributed by atoms with E-state index in [0.717, 1.165) is 16.7 Å². The van der Waals surface area contributed by atoms with Gasteiger partial charge in [-0.3, -0.25) is 24.1 Å². The molecule has 1 aliphatic heterocycles. The van der Waals surface area contributed by atoms with E-state index in [9.17, 15) is 23.6 Å². The lowest BCUT2D eigenvalue weighted by Gasteiger charge is -2.13.